The average molecular weight is 321 g/mol. The molecule has 0 spiro atoms. The van der Waals surface area contributed by atoms with Crippen molar-refractivity contribution in [2.45, 2.75) is 45.4 Å². The molecule has 1 fully saturated rings. The summed E-state index contributed by atoms with van der Waals surface area (Å²) in [5.74, 6) is 0. The molecule has 0 aromatic carbocycles. The number of aromatic nitrogens is 1. The summed E-state index contributed by atoms with van der Waals surface area (Å²) in [5, 5.41) is 3.42. The van der Waals surface area contributed by atoms with Gasteiger partial charge in [0.2, 0.25) is 0 Å². The largest absolute Gasteiger partial charge is 0.444 e. The Morgan fingerprint density at radius 1 is 1.52 bits per heavy atom. The molecule has 1 aromatic rings. The number of carbonyl (C=O) groups is 1. The highest BCUT2D eigenvalue weighted by Gasteiger charge is 2.31. The Bertz CT molecular complexity index is 502. The lowest BCUT2D eigenvalue weighted by Gasteiger charge is -2.37. The third-order valence-corrected chi connectivity index (χ3v) is 3.65. The van der Waals surface area contributed by atoms with Crippen molar-refractivity contribution in [1.82, 2.24) is 15.2 Å². The van der Waals surface area contributed by atoms with Crippen LogP contribution in [0.1, 0.15) is 39.4 Å². The van der Waals surface area contributed by atoms with Gasteiger partial charge in [0.1, 0.15) is 5.60 Å². The first-order valence-electron chi connectivity index (χ1n) is 8.08. The zero-order valence-electron chi connectivity index (χ0n) is 14.4. The Morgan fingerprint density at radius 3 is 2.96 bits per heavy atom. The Labute approximate surface area is 138 Å². The quantitative estimate of drug-likeness (QED) is 0.922. The van der Waals surface area contributed by atoms with Crippen molar-refractivity contribution >= 4 is 6.09 Å². The molecule has 23 heavy (non-hydrogen) atoms. The molecule has 2 atom stereocenters. The summed E-state index contributed by atoms with van der Waals surface area (Å²) in [7, 11) is 0. The van der Waals surface area contributed by atoms with Gasteiger partial charge in [-0.05, 0) is 39.8 Å². The van der Waals surface area contributed by atoms with E-state index in [1.807, 2.05) is 39.0 Å². The minimum atomic E-state index is -0.491. The molecule has 128 valence electrons. The van der Waals surface area contributed by atoms with Gasteiger partial charge >= 0.3 is 6.09 Å². The molecular formula is C17H27N3O3. The van der Waals surface area contributed by atoms with Gasteiger partial charge < -0.3 is 14.8 Å². The van der Waals surface area contributed by atoms with Crippen LogP contribution < -0.4 is 5.32 Å². The second-order valence-electron chi connectivity index (χ2n) is 6.79. The van der Waals surface area contributed by atoms with E-state index >= 15 is 0 Å². The van der Waals surface area contributed by atoms with Gasteiger partial charge in [0.25, 0.3) is 0 Å². The number of hydrogen-bond acceptors (Lipinski definition) is 5. The molecule has 1 aromatic heterocycles. The van der Waals surface area contributed by atoms with Crippen LogP contribution in [0.5, 0.6) is 0 Å². The fourth-order valence-electron chi connectivity index (χ4n) is 2.43. The molecule has 2 unspecified atom stereocenters. The maximum absolute atomic E-state index is 12.3. The predicted octanol–water partition coefficient (Wildman–Crippen LogP) is 2.37. The molecule has 2 heterocycles. The second kappa shape index (κ2) is 7.75. The first-order valence-corrected chi connectivity index (χ1v) is 8.08. The fraction of sp³-hybridized carbons (Fsp3) is 0.647. The van der Waals surface area contributed by atoms with Gasteiger partial charge in [-0.15, -0.1) is 0 Å². The molecule has 1 aliphatic heterocycles. The smallest absolute Gasteiger partial charge is 0.410 e. The van der Waals surface area contributed by atoms with Crippen molar-refractivity contribution in [1.29, 1.82) is 0 Å². The highest BCUT2D eigenvalue weighted by Crippen LogP contribution is 2.15. The number of nitrogens with zero attached hydrogens (tertiary/aromatic N) is 2. The van der Waals surface area contributed by atoms with Crippen LogP contribution in [-0.2, 0) is 9.47 Å². The summed E-state index contributed by atoms with van der Waals surface area (Å²) < 4.78 is 11.0. The first-order chi connectivity index (χ1) is 10.9. The summed E-state index contributed by atoms with van der Waals surface area (Å²) in [6.07, 6.45) is 1.50. The number of rotatable bonds is 4. The van der Waals surface area contributed by atoms with Crippen LogP contribution in [0.3, 0.4) is 0 Å². The molecule has 1 aliphatic rings. The van der Waals surface area contributed by atoms with Gasteiger partial charge in [-0.1, -0.05) is 6.07 Å². The van der Waals surface area contributed by atoms with Crippen molar-refractivity contribution in [2.75, 3.05) is 26.3 Å². The minimum absolute atomic E-state index is 0.0373. The first kappa shape index (κ1) is 17.7. The number of pyridine rings is 1. The van der Waals surface area contributed by atoms with Gasteiger partial charge in [0.15, 0.2) is 0 Å². The van der Waals surface area contributed by atoms with Gasteiger partial charge in [-0.3, -0.25) is 9.88 Å². The lowest BCUT2D eigenvalue weighted by atomic mass is 10.1. The van der Waals surface area contributed by atoms with Crippen molar-refractivity contribution in [2.24, 2.45) is 0 Å². The molecule has 1 N–H and O–H groups in total. The molecule has 0 bridgehead atoms. The molecule has 2 rings (SSSR count). The maximum atomic E-state index is 12.3. The van der Waals surface area contributed by atoms with Crippen LogP contribution in [0.15, 0.2) is 24.4 Å². The van der Waals surface area contributed by atoms with E-state index in [-0.39, 0.29) is 18.2 Å². The van der Waals surface area contributed by atoms with E-state index in [1.54, 1.807) is 11.1 Å². The van der Waals surface area contributed by atoms with E-state index in [0.717, 1.165) is 5.69 Å². The lowest BCUT2D eigenvalue weighted by Crippen LogP contribution is -2.54. The number of carbonyl (C=O) groups excluding carboxylic acids is 1. The lowest BCUT2D eigenvalue weighted by molar-refractivity contribution is -0.0321. The monoisotopic (exact) mass is 321 g/mol. The summed E-state index contributed by atoms with van der Waals surface area (Å²) >= 11 is 0. The van der Waals surface area contributed by atoms with Crippen LogP contribution in [0.2, 0.25) is 0 Å². The SMILES string of the molecule is CC(NCC1COCCN1C(=O)OC(C)(C)C)c1ccccn1. The number of amides is 1. The molecule has 1 amide bonds. The number of ether oxygens (including phenoxy) is 2. The van der Waals surface area contributed by atoms with Crippen molar-refractivity contribution in [3.8, 4) is 0 Å². The number of morpholine rings is 1. The topological polar surface area (TPSA) is 63.7 Å². The summed E-state index contributed by atoms with van der Waals surface area (Å²) in [4.78, 5) is 18.4. The normalized spacial score (nSPS) is 20.2. The molecule has 0 aliphatic carbocycles. The molecule has 1 saturated heterocycles. The van der Waals surface area contributed by atoms with Crippen molar-refractivity contribution in [3.05, 3.63) is 30.1 Å². The molecule has 0 saturated carbocycles. The molecule has 0 radical (unpaired) electrons. The van der Waals surface area contributed by atoms with Crippen molar-refractivity contribution in [3.63, 3.8) is 0 Å². The Morgan fingerprint density at radius 2 is 2.30 bits per heavy atom. The molecular weight excluding hydrogens is 294 g/mol. The minimum Gasteiger partial charge on any atom is -0.444 e. The fourth-order valence-corrected chi connectivity index (χ4v) is 2.43. The zero-order valence-corrected chi connectivity index (χ0v) is 14.4. The summed E-state index contributed by atoms with van der Waals surface area (Å²) in [5.41, 5.74) is 0.488. The van der Waals surface area contributed by atoms with Gasteiger partial charge in [-0.2, -0.15) is 0 Å². The van der Waals surface area contributed by atoms with E-state index in [9.17, 15) is 4.79 Å². The summed E-state index contributed by atoms with van der Waals surface area (Å²) in [6, 6.07) is 5.93. The van der Waals surface area contributed by atoms with Crippen LogP contribution in [0.25, 0.3) is 0 Å². The molecule has 6 heteroatoms. The zero-order chi connectivity index (χ0) is 16.9. The van der Waals surface area contributed by atoms with Gasteiger partial charge in [0, 0.05) is 25.3 Å². The van der Waals surface area contributed by atoms with Gasteiger partial charge in [0.05, 0.1) is 24.9 Å². The van der Waals surface area contributed by atoms with Crippen LogP contribution in [-0.4, -0.2) is 53.9 Å². The Hall–Kier alpha value is -1.66. The van der Waals surface area contributed by atoms with E-state index in [4.69, 9.17) is 9.47 Å². The van der Waals surface area contributed by atoms with E-state index in [1.165, 1.54) is 0 Å². The van der Waals surface area contributed by atoms with Crippen molar-refractivity contribution < 1.29 is 14.3 Å². The number of nitrogens with one attached hydrogen (secondary N) is 1. The Balaban J connectivity index is 1.92. The average Bonchev–Trinajstić information content (AvgIpc) is 2.52. The second-order valence-corrected chi connectivity index (χ2v) is 6.79. The Kier molecular flexibility index (Phi) is 5.96. The van der Waals surface area contributed by atoms with E-state index in [0.29, 0.717) is 26.3 Å². The maximum Gasteiger partial charge on any atom is 0.410 e. The molecule has 6 nitrogen and oxygen atoms in total. The highest BCUT2D eigenvalue weighted by molar-refractivity contribution is 5.68. The third kappa shape index (κ3) is 5.48. The summed E-state index contributed by atoms with van der Waals surface area (Å²) in [6.45, 7) is 9.94. The van der Waals surface area contributed by atoms with E-state index < -0.39 is 5.60 Å². The standard InChI is InChI=1S/C17H27N3O3/c1-13(15-7-5-6-8-18-15)19-11-14-12-22-10-9-20(14)16(21)23-17(2,3)4/h5-8,13-14,19H,9-12H2,1-4H3. The van der Waals surface area contributed by atoms with Crippen LogP contribution in [0.4, 0.5) is 4.79 Å². The van der Waals surface area contributed by atoms with Crippen LogP contribution >= 0.6 is 0 Å². The van der Waals surface area contributed by atoms with Crippen LogP contribution in [0, 0.1) is 0 Å². The number of hydrogen-bond donors (Lipinski definition) is 1. The third-order valence-electron chi connectivity index (χ3n) is 3.65. The predicted molar refractivity (Wildman–Crippen MR) is 88.2 cm³/mol. The van der Waals surface area contributed by atoms with E-state index in [2.05, 4.69) is 17.2 Å². The highest BCUT2D eigenvalue weighted by atomic mass is 16.6. The van der Waals surface area contributed by atoms with Gasteiger partial charge in [-0.25, -0.2) is 4.79 Å².